The number of hydrogen-bond donors (Lipinski definition) is 0. The highest BCUT2D eigenvalue weighted by molar-refractivity contribution is 5.30. The number of rotatable bonds is 6. The highest BCUT2D eigenvalue weighted by Crippen LogP contribution is 2.46. The normalized spacial score (nSPS) is 30.3. The van der Waals surface area contributed by atoms with Crippen LogP contribution in [0, 0.1) is 35.1 Å². The smallest absolute Gasteiger partial charge is 0.317 e. The van der Waals surface area contributed by atoms with E-state index in [9.17, 15) is 13.2 Å². The molecule has 5 rings (SSSR count). The fourth-order valence-electron chi connectivity index (χ4n) is 7.11. The predicted molar refractivity (Wildman–Crippen MR) is 139 cm³/mol. The second-order valence-electron chi connectivity index (χ2n) is 12.2. The van der Waals surface area contributed by atoms with Crippen LogP contribution >= 0.6 is 0 Å². The molecule has 0 radical (unpaired) electrons. The van der Waals surface area contributed by atoms with Crippen molar-refractivity contribution in [1.82, 2.24) is 0 Å². The summed E-state index contributed by atoms with van der Waals surface area (Å²) in [5.74, 6) is -4.25. The number of ether oxygens (including phenoxy) is 1. The molecule has 3 aliphatic carbocycles. The van der Waals surface area contributed by atoms with Gasteiger partial charge in [0.25, 0.3) is 0 Å². The van der Waals surface area contributed by atoms with Gasteiger partial charge in [0.1, 0.15) is 5.82 Å². The third kappa shape index (κ3) is 6.49. The molecule has 0 atom stereocenters. The second-order valence-corrected chi connectivity index (χ2v) is 12.2. The molecule has 7 heteroatoms. The number of benzene rings is 2. The van der Waals surface area contributed by atoms with Crippen LogP contribution in [-0.2, 0) is 4.74 Å². The molecule has 0 saturated heterocycles. The Hall–Kier alpha value is -2.02. The van der Waals surface area contributed by atoms with E-state index in [2.05, 4.69) is 6.92 Å². The van der Waals surface area contributed by atoms with Gasteiger partial charge in [-0.2, -0.15) is 8.78 Å². The summed E-state index contributed by atoms with van der Waals surface area (Å²) in [5, 5.41) is 0. The van der Waals surface area contributed by atoms with Crippen molar-refractivity contribution < 1.29 is 31.1 Å². The first-order valence-electron chi connectivity index (χ1n) is 14.6. The maximum Gasteiger partial charge on any atom is 0.358 e. The molecule has 3 saturated carbocycles. The van der Waals surface area contributed by atoms with E-state index in [4.69, 9.17) is 4.74 Å². The minimum Gasteiger partial charge on any atom is -0.317 e. The van der Waals surface area contributed by atoms with Crippen molar-refractivity contribution in [2.75, 3.05) is 0 Å². The lowest BCUT2D eigenvalue weighted by Gasteiger charge is -2.37. The van der Waals surface area contributed by atoms with Crippen LogP contribution < -0.4 is 0 Å². The lowest BCUT2D eigenvalue weighted by Crippen LogP contribution is -2.38. The molecule has 1 nitrogen and oxygen atoms in total. The Kier molecular flexibility index (Phi) is 8.65. The summed E-state index contributed by atoms with van der Waals surface area (Å²) < 4.78 is 91.1. The summed E-state index contributed by atoms with van der Waals surface area (Å²) in [6.45, 7) is 2.26. The van der Waals surface area contributed by atoms with Crippen LogP contribution in [0.2, 0.25) is 0 Å². The summed E-state index contributed by atoms with van der Waals surface area (Å²) in [5.41, 5.74) is 2.04. The minimum atomic E-state index is -3.28. The van der Waals surface area contributed by atoms with Gasteiger partial charge in [-0.1, -0.05) is 31.9 Å². The third-order valence-corrected chi connectivity index (χ3v) is 9.63. The molecule has 0 N–H and O–H groups in total. The summed E-state index contributed by atoms with van der Waals surface area (Å²) >= 11 is 0. The molecule has 0 bridgehead atoms. The van der Waals surface area contributed by atoms with Gasteiger partial charge in [0.05, 0.1) is 12.0 Å². The van der Waals surface area contributed by atoms with Crippen molar-refractivity contribution in [2.24, 2.45) is 11.8 Å². The Labute approximate surface area is 227 Å². The zero-order chi connectivity index (χ0) is 27.7. The zero-order valence-corrected chi connectivity index (χ0v) is 22.5. The molecule has 3 aliphatic rings. The van der Waals surface area contributed by atoms with Gasteiger partial charge in [-0.05, 0) is 123 Å². The van der Waals surface area contributed by atoms with Gasteiger partial charge in [0, 0.05) is 0 Å². The van der Waals surface area contributed by atoms with Gasteiger partial charge >= 0.3 is 6.11 Å². The monoisotopic (exact) mass is 552 g/mol. The fourth-order valence-corrected chi connectivity index (χ4v) is 7.11. The molecule has 0 aromatic heterocycles. The molecule has 3 fully saturated rings. The van der Waals surface area contributed by atoms with Crippen LogP contribution in [0.4, 0.5) is 26.3 Å². The Morgan fingerprint density at radius 1 is 0.615 bits per heavy atom. The molecule has 0 heterocycles. The third-order valence-electron chi connectivity index (χ3n) is 9.63. The van der Waals surface area contributed by atoms with E-state index in [0.29, 0.717) is 55.6 Å². The Morgan fingerprint density at radius 3 is 1.72 bits per heavy atom. The largest absolute Gasteiger partial charge is 0.358 e. The molecule has 0 aliphatic heterocycles. The predicted octanol–water partition coefficient (Wildman–Crippen LogP) is 10.1. The van der Waals surface area contributed by atoms with Crippen LogP contribution in [0.15, 0.2) is 30.3 Å². The van der Waals surface area contributed by atoms with Crippen LogP contribution in [-0.4, -0.2) is 12.2 Å². The van der Waals surface area contributed by atoms with E-state index < -0.39 is 35.6 Å². The quantitative estimate of drug-likeness (QED) is 0.256. The van der Waals surface area contributed by atoms with Crippen molar-refractivity contribution in [2.45, 2.75) is 114 Å². The number of hydrogen-bond acceptors (Lipinski definition) is 1. The first-order valence-corrected chi connectivity index (χ1v) is 14.6. The molecule has 214 valence electrons. The van der Waals surface area contributed by atoms with Gasteiger partial charge in [0.15, 0.2) is 17.5 Å². The van der Waals surface area contributed by atoms with Gasteiger partial charge in [-0.15, -0.1) is 0 Å². The maximum atomic E-state index is 15.1. The van der Waals surface area contributed by atoms with Crippen LogP contribution in [0.1, 0.15) is 118 Å². The lowest BCUT2D eigenvalue weighted by atomic mass is 9.76. The molecule has 0 unspecified atom stereocenters. The lowest BCUT2D eigenvalue weighted by molar-refractivity contribution is -0.300. The van der Waals surface area contributed by atoms with E-state index >= 15 is 13.2 Å². The van der Waals surface area contributed by atoms with Crippen molar-refractivity contribution >= 4 is 0 Å². The highest BCUT2D eigenvalue weighted by Gasteiger charge is 2.45. The fraction of sp³-hybridized carbons (Fsp3) is 0.625. The highest BCUT2D eigenvalue weighted by atomic mass is 19.3. The van der Waals surface area contributed by atoms with Gasteiger partial charge in [-0.25, -0.2) is 17.6 Å². The van der Waals surface area contributed by atoms with E-state index in [1.807, 2.05) is 12.1 Å². The first kappa shape index (κ1) is 28.5. The van der Waals surface area contributed by atoms with Gasteiger partial charge < -0.3 is 4.74 Å². The summed E-state index contributed by atoms with van der Waals surface area (Å²) in [4.78, 5) is 0. The standard InChI is InChI=1S/C32H38F6O/c1-19-2-4-20(5-3-19)23-10-15-27(28(33)16-23)22-6-11-25(12-7-22)32(37,38)39-26-13-8-21(9-14-26)24-17-29(34)31(36)30(35)18-24/h10,15-22,25-26H,2-9,11-14H2,1H3. The molecular weight excluding hydrogens is 514 g/mol. The number of alkyl halides is 2. The van der Waals surface area contributed by atoms with E-state index in [0.717, 1.165) is 36.5 Å². The van der Waals surface area contributed by atoms with Crippen LogP contribution in [0.3, 0.4) is 0 Å². The van der Waals surface area contributed by atoms with Crippen molar-refractivity contribution in [1.29, 1.82) is 0 Å². The molecule has 39 heavy (non-hydrogen) atoms. The Bertz CT molecular complexity index is 1100. The summed E-state index contributed by atoms with van der Waals surface area (Å²) in [6, 6.07) is 7.56. The second kappa shape index (κ2) is 11.8. The van der Waals surface area contributed by atoms with Crippen molar-refractivity contribution in [3.8, 4) is 0 Å². The van der Waals surface area contributed by atoms with Crippen molar-refractivity contribution in [3.05, 3.63) is 70.3 Å². The SMILES string of the molecule is CC1CCC(c2ccc(C3CCC(C(F)(F)OC4CCC(c5cc(F)c(F)c(F)c5)CC4)CC3)c(F)c2)CC1. The van der Waals surface area contributed by atoms with E-state index in [1.165, 1.54) is 12.8 Å². The van der Waals surface area contributed by atoms with Gasteiger partial charge in [0.2, 0.25) is 0 Å². The van der Waals surface area contributed by atoms with Crippen LogP contribution in [0.5, 0.6) is 0 Å². The molecular formula is C32H38F6O. The van der Waals surface area contributed by atoms with Crippen molar-refractivity contribution in [3.63, 3.8) is 0 Å². The topological polar surface area (TPSA) is 9.23 Å². The molecule has 2 aromatic carbocycles. The maximum absolute atomic E-state index is 15.1. The van der Waals surface area contributed by atoms with Crippen LogP contribution in [0.25, 0.3) is 0 Å². The molecule has 2 aromatic rings. The summed E-state index contributed by atoms with van der Waals surface area (Å²) in [7, 11) is 0. The number of halogens is 6. The summed E-state index contributed by atoms with van der Waals surface area (Å²) in [6.07, 6.45) is 3.68. The average Bonchev–Trinajstić information content (AvgIpc) is 2.92. The first-order chi connectivity index (χ1) is 18.6. The zero-order valence-electron chi connectivity index (χ0n) is 22.5. The average molecular weight is 553 g/mol. The minimum absolute atomic E-state index is 0.0654. The molecule has 0 spiro atoms. The Morgan fingerprint density at radius 2 is 1.13 bits per heavy atom. The van der Waals surface area contributed by atoms with Gasteiger partial charge in [-0.3, -0.25) is 0 Å². The Balaban J connectivity index is 1.12. The van der Waals surface area contributed by atoms with E-state index in [1.54, 1.807) is 6.07 Å². The molecule has 0 amide bonds. The van der Waals surface area contributed by atoms with E-state index in [-0.39, 0.29) is 30.5 Å².